The number of aryl methyl sites for hydroxylation is 2. The van der Waals surface area contributed by atoms with E-state index < -0.39 is 4.92 Å². The smallest absolute Gasteiger partial charge is 0.277 e. The first-order valence-electron chi connectivity index (χ1n) is 7.02. The monoisotopic (exact) mass is 312 g/mol. The van der Waals surface area contributed by atoms with Gasteiger partial charge < -0.3 is 0 Å². The molecule has 0 bridgehead atoms. The molecule has 0 N–H and O–H groups in total. The van der Waals surface area contributed by atoms with Gasteiger partial charge in [-0.1, -0.05) is 12.1 Å². The summed E-state index contributed by atoms with van der Waals surface area (Å²) < 4.78 is 0. The van der Waals surface area contributed by atoms with Crippen LogP contribution in [-0.2, 0) is 0 Å². The van der Waals surface area contributed by atoms with E-state index in [1.165, 1.54) is 19.9 Å². The maximum atomic E-state index is 12.1. The van der Waals surface area contributed by atoms with Crippen molar-refractivity contribution in [3.05, 3.63) is 56.9 Å². The first-order chi connectivity index (χ1) is 10.8. The quantitative estimate of drug-likeness (QED) is 0.488. The third-order valence-corrected chi connectivity index (χ3v) is 3.63. The Morgan fingerprint density at radius 3 is 1.91 bits per heavy atom. The minimum absolute atomic E-state index is 0.150. The number of nitro benzene ring substituents is 1. The highest BCUT2D eigenvalue weighted by atomic mass is 16.6. The summed E-state index contributed by atoms with van der Waals surface area (Å²) >= 11 is 0. The van der Waals surface area contributed by atoms with Gasteiger partial charge in [-0.15, -0.1) is 0 Å². The number of aromatic nitrogens is 1. The van der Waals surface area contributed by atoms with Gasteiger partial charge in [0.25, 0.3) is 5.69 Å². The number of carbonyl (C=O) groups excluding carboxylic acids is 2. The Hall–Kier alpha value is -2.89. The molecule has 1 aromatic carbocycles. The van der Waals surface area contributed by atoms with Crippen LogP contribution in [0.4, 0.5) is 5.69 Å². The molecule has 1 aromatic heterocycles. The molecule has 0 aliphatic carbocycles. The van der Waals surface area contributed by atoms with E-state index in [-0.39, 0.29) is 33.9 Å². The molecule has 6 nitrogen and oxygen atoms in total. The summed E-state index contributed by atoms with van der Waals surface area (Å²) in [4.78, 5) is 39.3. The van der Waals surface area contributed by atoms with E-state index >= 15 is 0 Å². The van der Waals surface area contributed by atoms with E-state index in [4.69, 9.17) is 0 Å². The van der Waals surface area contributed by atoms with E-state index in [1.807, 2.05) is 0 Å². The van der Waals surface area contributed by atoms with Crippen molar-refractivity contribution in [1.82, 2.24) is 4.98 Å². The van der Waals surface area contributed by atoms with Crippen LogP contribution < -0.4 is 0 Å². The maximum Gasteiger partial charge on any atom is 0.277 e. The Bertz CT molecular complexity index is 802. The number of benzene rings is 1. The van der Waals surface area contributed by atoms with Gasteiger partial charge in [0, 0.05) is 34.1 Å². The number of carbonyl (C=O) groups is 2. The number of pyridine rings is 1. The standard InChI is InChI=1S/C17H16N2O4/c1-9-15(11(3)20)17(16(12(4)21)10(2)18-9)13-7-5-6-8-14(13)19(22)23/h5-8H,1-4H3. The van der Waals surface area contributed by atoms with E-state index in [2.05, 4.69) is 4.98 Å². The van der Waals surface area contributed by atoms with E-state index in [9.17, 15) is 19.7 Å². The van der Waals surface area contributed by atoms with Gasteiger partial charge >= 0.3 is 0 Å². The molecule has 0 spiro atoms. The molecule has 23 heavy (non-hydrogen) atoms. The Morgan fingerprint density at radius 1 is 1.00 bits per heavy atom. The molecule has 0 fully saturated rings. The number of hydrogen-bond acceptors (Lipinski definition) is 5. The summed E-state index contributed by atoms with van der Waals surface area (Å²) in [6.45, 7) is 6.04. The largest absolute Gasteiger partial charge is 0.294 e. The average Bonchev–Trinajstić information content (AvgIpc) is 2.45. The first-order valence-corrected chi connectivity index (χ1v) is 7.02. The number of Topliss-reactive ketones (excluding diaryl/α,β-unsaturated/α-hetero) is 2. The van der Waals surface area contributed by atoms with Crippen molar-refractivity contribution in [2.24, 2.45) is 0 Å². The van der Waals surface area contributed by atoms with Gasteiger partial charge in [0.1, 0.15) is 0 Å². The summed E-state index contributed by atoms with van der Waals surface area (Å²) in [5.41, 5.74) is 1.79. The van der Waals surface area contributed by atoms with Crippen molar-refractivity contribution in [1.29, 1.82) is 0 Å². The van der Waals surface area contributed by atoms with Crippen LogP contribution in [0.2, 0.25) is 0 Å². The van der Waals surface area contributed by atoms with Crippen LogP contribution in [-0.4, -0.2) is 21.5 Å². The Morgan fingerprint density at radius 2 is 1.48 bits per heavy atom. The minimum atomic E-state index is -0.520. The number of para-hydroxylation sites is 1. The Kier molecular flexibility index (Phi) is 4.36. The highest BCUT2D eigenvalue weighted by Crippen LogP contribution is 2.37. The van der Waals surface area contributed by atoms with Crippen LogP contribution in [0.25, 0.3) is 11.1 Å². The predicted octanol–water partition coefficient (Wildman–Crippen LogP) is 3.68. The highest BCUT2D eigenvalue weighted by molar-refractivity contribution is 6.11. The molecule has 0 aliphatic heterocycles. The molecule has 2 aromatic rings. The molecule has 0 aliphatic rings. The van der Waals surface area contributed by atoms with Crippen LogP contribution in [0.5, 0.6) is 0 Å². The molecule has 1 heterocycles. The van der Waals surface area contributed by atoms with Crippen molar-refractivity contribution >= 4 is 17.3 Å². The molecule has 118 valence electrons. The molecule has 0 saturated heterocycles. The summed E-state index contributed by atoms with van der Waals surface area (Å²) in [6, 6.07) is 6.09. The third-order valence-electron chi connectivity index (χ3n) is 3.63. The number of nitro groups is 1. The van der Waals surface area contributed by atoms with Crippen molar-refractivity contribution in [2.75, 3.05) is 0 Å². The molecule has 0 saturated carbocycles. The maximum absolute atomic E-state index is 12.1. The van der Waals surface area contributed by atoms with Crippen molar-refractivity contribution < 1.29 is 14.5 Å². The second-order valence-corrected chi connectivity index (χ2v) is 5.29. The van der Waals surface area contributed by atoms with Crippen LogP contribution in [0.15, 0.2) is 24.3 Å². The first kappa shape index (κ1) is 16.5. The van der Waals surface area contributed by atoms with Crippen molar-refractivity contribution in [2.45, 2.75) is 27.7 Å². The van der Waals surface area contributed by atoms with Gasteiger partial charge in [0.05, 0.1) is 10.5 Å². The number of rotatable bonds is 4. The molecule has 2 rings (SSSR count). The van der Waals surface area contributed by atoms with E-state index in [0.29, 0.717) is 17.0 Å². The van der Waals surface area contributed by atoms with E-state index in [1.54, 1.807) is 32.0 Å². The minimum Gasteiger partial charge on any atom is -0.294 e. The summed E-state index contributed by atoms with van der Waals surface area (Å²) in [7, 11) is 0. The zero-order valence-electron chi connectivity index (χ0n) is 13.3. The van der Waals surface area contributed by atoms with Gasteiger partial charge in [-0.2, -0.15) is 0 Å². The molecule has 0 atom stereocenters. The normalized spacial score (nSPS) is 10.4. The van der Waals surface area contributed by atoms with Crippen LogP contribution in [0.3, 0.4) is 0 Å². The van der Waals surface area contributed by atoms with Gasteiger partial charge in [0.2, 0.25) is 0 Å². The fraction of sp³-hybridized carbons (Fsp3) is 0.235. The van der Waals surface area contributed by atoms with Gasteiger partial charge in [0.15, 0.2) is 11.6 Å². The zero-order valence-corrected chi connectivity index (χ0v) is 13.3. The number of nitrogens with zero attached hydrogens (tertiary/aromatic N) is 2. The van der Waals surface area contributed by atoms with Gasteiger partial charge in [-0.25, -0.2) is 0 Å². The SMILES string of the molecule is CC(=O)c1c(C)nc(C)c(C(C)=O)c1-c1ccccc1[N+](=O)[O-]. The summed E-state index contributed by atoms with van der Waals surface area (Å²) in [6.07, 6.45) is 0. The highest BCUT2D eigenvalue weighted by Gasteiger charge is 2.27. The summed E-state index contributed by atoms with van der Waals surface area (Å²) in [5.74, 6) is -0.573. The molecular formula is C17H16N2O4. The second kappa shape index (κ2) is 6.08. The van der Waals surface area contributed by atoms with Gasteiger partial charge in [-0.05, 0) is 33.8 Å². The van der Waals surface area contributed by atoms with Crippen LogP contribution in [0, 0.1) is 24.0 Å². The summed E-state index contributed by atoms with van der Waals surface area (Å²) in [5, 5.41) is 11.3. The van der Waals surface area contributed by atoms with Crippen LogP contribution in [0.1, 0.15) is 46.0 Å². The van der Waals surface area contributed by atoms with Crippen molar-refractivity contribution in [3.63, 3.8) is 0 Å². The Balaban J connectivity index is 3.04. The molecule has 0 amide bonds. The predicted molar refractivity (Wildman–Crippen MR) is 85.8 cm³/mol. The lowest BCUT2D eigenvalue weighted by molar-refractivity contribution is -0.384. The average molecular weight is 312 g/mol. The lowest BCUT2D eigenvalue weighted by Gasteiger charge is -2.16. The topological polar surface area (TPSA) is 90.2 Å². The lowest BCUT2D eigenvalue weighted by Crippen LogP contribution is -2.12. The fourth-order valence-corrected chi connectivity index (χ4v) is 2.83. The van der Waals surface area contributed by atoms with Gasteiger partial charge in [-0.3, -0.25) is 24.7 Å². The molecule has 0 unspecified atom stereocenters. The molecular weight excluding hydrogens is 296 g/mol. The number of ketones is 2. The lowest BCUT2D eigenvalue weighted by atomic mass is 9.88. The molecule has 6 heteroatoms. The second-order valence-electron chi connectivity index (χ2n) is 5.29. The van der Waals surface area contributed by atoms with Crippen LogP contribution >= 0.6 is 0 Å². The zero-order chi connectivity index (χ0) is 17.3. The fourth-order valence-electron chi connectivity index (χ4n) is 2.83. The third kappa shape index (κ3) is 2.88. The van der Waals surface area contributed by atoms with E-state index in [0.717, 1.165) is 0 Å². The number of hydrogen-bond donors (Lipinski definition) is 0. The molecule has 0 radical (unpaired) electrons. The Labute approximate surface area is 133 Å². The van der Waals surface area contributed by atoms with Crippen molar-refractivity contribution in [3.8, 4) is 11.1 Å².